The Bertz CT molecular complexity index is 1070. The maximum Gasteiger partial charge on any atom is 0.272 e. The van der Waals surface area contributed by atoms with Crippen LogP contribution >= 0.6 is 11.8 Å². The topological polar surface area (TPSA) is 50.5 Å². The first-order chi connectivity index (χ1) is 13.5. The zero-order valence-electron chi connectivity index (χ0n) is 15.0. The van der Waals surface area contributed by atoms with Crippen LogP contribution in [-0.4, -0.2) is 11.8 Å². The van der Waals surface area contributed by atoms with Crippen molar-refractivity contribution < 1.29 is 18.4 Å². The largest absolute Gasteiger partial charge is 0.468 e. The van der Waals surface area contributed by atoms with Crippen molar-refractivity contribution in [1.82, 2.24) is 0 Å². The van der Waals surface area contributed by atoms with E-state index >= 15 is 0 Å². The summed E-state index contributed by atoms with van der Waals surface area (Å²) in [5, 5.41) is 0. The number of rotatable bonds is 5. The van der Waals surface area contributed by atoms with E-state index < -0.39 is 17.6 Å². The first kappa shape index (κ1) is 18.3. The number of nitrogens with zero attached hydrogens (tertiary/aromatic N) is 1. The molecule has 0 saturated heterocycles. The van der Waals surface area contributed by atoms with Gasteiger partial charge in [0.1, 0.15) is 11.6 Å². The quantitative estimate of drug-likeness (QED) is 0.576. The van der Waals surface area contributed by atoms with Crippen LogP contribution in [0.15, 0.2) is 76.2 Å². The molecular weight excluding hydrogens is 377 g/mol. The van der Waals surface area contributed by atoms with Gasteiger partial charge in [-0.2, -0.15) is 0 Å². The zero-order valence-corrected chi connectivity index (χ0v) is 15.8. The van der Waals surface area contributed by atoms with Gasteiger partial charge >= 0.3 is 0 Å². The van der Waals surface area contributed by atoms with Crippen molar-refractivity contribution in [2.75, 3.05) is 4.90 Å². The molecule has 0 aliphatic carbocycles. The molecule has 1 aliphatic rings. The minimum atomic E-state index is -0.508. The number of anilines is 1. The molecule has 0 fully saturated rings. The van der Waals surface area contributed by atoms with Crippen molar-refractivity contribution >= 4 is 34.8 Å². The van der Waals surface area contributed by atoms with Crippen LogP contribution in [0.25, 0.3) is 5.57 Å². The molecule has 140 valence electrons. The van der Waals surface area contributed by atoms with E-state index in [-0.39, 0.29) is 5.69 Å². The molecule has 1 aromatic heterocycles. The summed E-state index contributed by atoms with van der Waals surface area (Å²) in [4.78, 5) is 27.6. The number of hydrogen-bond acceptors (Lipinski definition) is 4. The first-order valence-corrected chi connectivity index (χ1v) is 9.64. The third-order valence-electron chi connectivity index (χ3n) is 4.39. The van der Waals surface area contributed by atoms with Crippen molar-refractivity contribution in [3.63, 3.8) is 0 Å². The summed E-state index contributed by atoms with van der Waals surface area (Å²) in [5.41, 5.74) is 2.25. The second-order valence-corrected chi connectivity index (χ2v) is 7.35. The Labute approximate surface area is 165 Å². The average Bonchev–Trinajstić information content (AvgIpc) is 3.27. The lowest BCUT2D eigenvalue weighted by atomic mass is 10.0. The summed E-state index contributed by atoms with van der Waals surface area (Å²) in [6, 6.07) is 16.5. The van der Waals surface area contributed by atoms with Gasteiger partial charge in [-0.15, -0.1) is 11.8 Å². The summed E-state index contributed by atoms with van der Waals surface area (Å²) in [5.74, 6) is -0.311. The fourth-order valence-electron chi connectivity index (χ4n) is 3.01. The summed E-state index contributed by atoms with van der Waals surface area (Å²) in [6.45, 7) is 1.95. The molecular formula is C22H16FNO3S. The maximum atomic E-state index is 13.7. The van der Waals surface area contributed by atoms with Gasteiger partial charge in [-0.3, -0.25) is 9.59 Å². The number of amides is 2. The molecule has 2 aromatic carbocycles. The molecule has 0 spiro atoms. The molecule has 0 atom stereocenters. The number of thioether (sulfide) groups is 1. The number of aryl methyl sites for hydroxylation is 1. The van der Waals surface area contributed by atoms with Gasteiger partial charge in [0.15, 0.2) is 0 Å². The van der Waals surface area contributed by atoms with Gasteiger partial charge in [-0.1, -0.05) is 35.9 Å². The highest BCUT2D eigenvalue weighted by Crippen LogP contribution is 2.39. The van der Waals surface area contributed by atoms with Crippen LogP contribution in [-0.2, 0) is 15.3 Å². The van der Waals surface area contributed by atoms with Crippen LogP contribution in [0, 0.1) is 12.7 Å². The highest BCUT2D eigenvalue weighted by molar-refractivity contribution is 8.03. The molecule has 3 aromatic rings. The standard InChI is InChI=1S/C22H16FNO3S/c1-14-7-9-15(10-8-14)19-20(28-13-18-6-3-11-27-18)22(26)24(21(19)25)17-5-2-4-16(23)12-17/h2-12H,13H2,1H3. The maximum absolute atomic E-state index is 13.7. The average molecular weight is 393 g/mol. The summed E-state index contributed by atoms with van der Waals surface area (Å²) < 4.78 is 19.0. The minimum absolute atomic E-state index is 0.216. The number of carbonyl (C=O) groups is 2. The van der Waals surface area contributed by atoms with E-state index in [9.17, 15) is 14.0 Å². The Morgan fingerprint density at radius 2 is 1.79 bits per heavy atom. The normalized spacial score (nSPS) is 14.3. The van der Waals surface area contributed by atoms with Gasteiger partial charge in [0.2, 0.25) is 0 Å². The van der Waals surface area contributed by atoms with Crippen LogP contribution in [0.1, 0.15) is 16.9 Å². The van der Waals surface area contributed by atoms with Crippen LogP contribution in [0.3, 0.4) is 0 Å². The fourth-order valence-corrected chi connectivity index (χ4v) is 4.02. The van der Waals surface area contributed by atoms with Crippen molar-refractivity contribution in [2.24, 2.45) is 0 Å². The molecule has 0 N–H and O–H groups in total. The van der Waals surface area contributed by atoms with E-state index in [1.807, 2.05) is 37.3 Å². The second kappa shape index (κ2) is 7.48. The molecule has 0 unspecified atom stereocenters. The lowest BCUT2D eigenvalue weighted by Gasteiger charge is -2.15. The molecule has 2 heterocycles. The van der Waals surface area contributed by atoms with Crippen LogP contribution in [0.2, 0.25) is 0 Å². The smallest absolute Gasteiger partial charge is 0.272 e. The Hall–Kier alpha value is -3.12. The van der Waals surface area contributed by atoms with Crippen LogP contribution < -0.4 is 4.90 Å². The molecule has 0 bridgehead atoms. The van der Waals surface area contributed by atoms with Gasteiger partial charge in [0.05, 0.1) is 28.2 Å². The zero-order chi connectivity index (χ0) is 19.7. The Kier molecular flexibility index (Phi) is 4.88. The number of imide groups is 1. The number of halogens is 1. The number of hydrogen-bond donors (Lipinski definition) is 0. The fraction of sp³-hybridized carbons (Fsp3) is 0.0909. The highest BCUT2D eigenvalue weighted by atomic mass is 32.2. The molecule has 4 rings (SSSR count). The van der Waals surface area contributed by atoms with Crippen molar-refractivity contribution in [3.8, 4) is 0 Å². The Balaban J connectivity index is 1.76. The van der Waals surface area contributed by atoms with Gasteiger partial charge in [-0.25, -0.2) is 9.29 Å². The minimum Gasteiger partial charge on any atom is -0.468 e. The Morgan fingerprint density at radius 3 is 2.46 bits per heavy atom. The number of furan rings is 1. The third kappa shape index (κ3) is 3.39. The van der Waals surface area contributed by atoms with Gasteiger partial charge in [0, 0.05) is 0 Å². The summed E-state index contributed by atoms with van der Waals surface area (Å²) >= 11 is 1.24. The first-order valence-electron chi connectivity index (χ1n) is 8.65. The molecule has 2 amide bonds. The molecule has 0 radical (unpaired) electrons. The second-order valence-electron chi connectivity index (χ2n) is 6.36. The van der Waals surface area contributed by atoms with Gasteiger partial charge in [-0.05, 0) is 42.8 Å². The summed E-state index contributed by atoms with van der Waals surface area (Å²) in [6.07, 6.45) is 1.56. The van der Waals surface area contributed by atoms with Crippen LogP contribution in [0.4, 0.5) is 10.1 Å². The number of carbonyl (C=O) groups excluding carboxylic acids is 2. The van der Waals surface area contributed by atoms with Gasteiger partial charge < -0.3 is 4.42 Å². The van der Waals surface area contributed by atoms with E-state index in [0.717, 1.165) is 10.5 Å². The van der Waals surface area contributed by atoms with E-state index in [2.05, 4.69) is 0 Å². The molecule has 1 aliphatic heterocycles. The van der Waals surface area contributed by atoms with Gasteiger partial charge in [0.25, 0.3) is 11.8 Å². The highest BCUT2D eigenvalue weighted by Gasteiger charge is 2.40. The summed E-state index contributed by atoms with van der Waals surface area (Å²) in [7, 11) is 0. The van der Waals surface area contributed by atoms with E-state index in [1.54, 1.807) is 18.4 Å². The predicted molar refractivity (Wildman–Crippen MR) is 107 cm³/mol. The molecule has 28 heavy (non-hydrogen) atoms. The van der Waals surface area contributed by atoms with Crippen LogP contribution in [0.5, 0.6) is 0 Å². The Morgan fingerprint density at radius 1 is 1.00 bits per heavy atom. The van der Waals surface area contributed by atoms with E-state index in [0.29, 0.717) is 27.6 Å². The van der Waals surface area contributed by atoms with Crippen molar-refractivity contribution in [1.29, 1.82) is 0 Å². The van der Waals surface area contributed by atoms with Crippen molar-refractivity contribution in [3.05, 3.63) is 94.5 Å². The predicted octanol–water partition coefficient (Wildman–Crippen LogP) is 4.95. The molecule has 4 nitrogen and oxygen atoms in total. The molecule has 0 saturated carbocycles. The number of benzene rings is 2. The lowest BCUT2D eigenvalue weighted by Crippen LogP contribution is -2.31. The monoisotopic (exact) mass is 393 g/mol. The van der Waals surface area contributed by atoms with Crippen molar-refractivity contribution in [2.45, 2.75) is 12.7 Å². The SMILES string of the molecule is Cc1ccc(C2=C(SCc3ccco3)C(=O)N(c3cccc(F)c3)C2=O)cc1. The third-order valence-corrected chi connectivity index (χ3v) is 5.48. The van der Waals surface area contributed by atoms with E-state index in [4.69, 9.17) is 4.42 Å². The molecule has 6 heteroatoms. The van der Waals surface area contributed by atoms with E-state index in [1.165, 1.54) is 30.0 Å². The lowest BCUT2D eigenvalue weighted by molar-refractivity contribution is -0.119.